The van der Waals surface area contributed by atoms with Gasteiger partial charge < -0.3 is 14.4 Å². The molecule has 1 fully saturated rings. The van der Waals surface area contributed by atoms with Crippen LogP contribution in [0.5, 0.6) is 11.5 Å². The summed E-state index contributed by atoms with van der Waals surface area (Å²) in [4.78, 5) is 15.0. The number of fused-ring (bicyclic) bond motifs is 4. The van der Waals surface area contributed by atoms with E-state index in [1.807, 2.05) is 18.3 Å². The van der Waals surface area contributed by atoms with E-state index in [9.17, 15) is 0 Å². The Kier molecular flexibility index (Phi) is 4.15. The van der Waals surface area contributed by atoms with Crippen LogP contribution in [-0.2, 0) is 12.8 Å². The second-order valence-corrected chi connectivity index (χ2v) is 9.32. The number of thiophene rings is 1. The molecule has 2 aliphatic heterocycles. The lowest BCUT2D eigenvalue weighted by Gasteiger charge is -2.28. The van der Waals surface area contributed by atoms with E-state index in [1.54, 1.807) is 0 Å². The lowest BCUT2D eigenvalue weighted by Crippen LogP contribution is -2.25. The minimum Gasteiger partial charge on any atom is -0.486 e. The van der Waals surface area contributed by atoms with Crippen LogP contribution < -0.4 is 14.4 Å². The number of aromatic nitrogens is 2. The quantitative estimate of drug-likeness (QED) is 0.599. The Balaban J connectivity index is 1.46. The highest BCUT2D eigenvalue weighted by Crippen LogP contribution is 2.45. The molecule has 0 spiro atoms. The summed E-state index contributed by atoms with van der Waals surface area (Å²) < 4.78 is 11.6. The summed E-state index contributed by atoms with van der Waals surface area (Å²) in [5, 5.41) is 1.32. The first-order valence-electron chi connectivity index (χ1n) is 10.7. The number of hydrogen-bond donors (Lipinski definition) is 0. The van der Waals surface area contributed by atoms with E-state index in [2.05, 4.69) is 23.1 Å². The van der Waals surface area contributed by atoms with Gasteiger partial charge in [0.25, 0.3) is 0 Å². The maximum absolute atomic E-state index is 5.85. The van der Waals surface area contributed by atoms with Gasteiger partial charge in [0.1, 0.15) is 29.7 Å². The fraction of sp³-hybridized carbons (Fsp3) is 0.478. The zero-order valence-corrected chi connectivity index (χ0v) is 17.6. The molecular weight excluding hydrogens is 382 g/mol. The molecule has 6 rings (SSSR count). The third-order valence-corrected chi connectivity index (χ3v) is 7.57. The topological polar surface area (TPSA) is 47.5 Å². The Morgan fingerprint density at radius 1 is 1.03 bits per heavy atom. The van der Waals surface area contributed by atoms with Crippen molar-refractivity contribution >= 4 is 27.4 Å². The first-order chi connectivity index (χ1) is 14.3. The zero-order valence-electron chi connectivity index (χ0n) is 16.7. The van der Waals surface area contributed by atoms with E-state index in [0.29, 0.717) is 19.3 Å². The number of benzene rings is 1. The Hall–Kier alpha value is -2.34. The second-order valence-electron chi connectivity index (χ2n) is 8.24. The highest BCUT2D eigenvalue weighted by atomic mass is 32.1. The number of nitrogens with zero attached hydrogens (tertiary/aromatic N) is 3. The largest absolute Gasteiger partial charge is 0.486 e. The summed E-state index contributed by atoms with van der Waals surface area (Å²) in [6.07, 6.45) is 7.24. The predicted molar refractivity (Wildman–Crippen MR) is 116 cm³/mol. The molecule has 3 aliphatic rings. The van der Waals surface area contributed by atoms with Gasteiger partial charge in [0.05, 0.1) is 11.4 Å². The first kappa shape index (κ1) is 17.5. The molecule has 150 valence electrons. The van der Waals surface area contributed by atoms with E-state index >= 15 is 0 Å². The standard InChI is InChI=1S/C23H25N3O2S/c1-14-24-22(21-16-5-2-3-7-20(16)29-23(21)25-14)26-10-4-6-17(26)15-8-9-18-19(13-15)28-12-11-27-18/h8-9,13,17H,2-7,10-12H2,1H3/t17-/m1/s1. The van der Waals surface area contributed by atoms with E-state index in [-0.39, 0.29) is 0 Å². The van der Waals surface area contributed by atoms with Crippen LogP contribution in [0.4, 0.5) is 5.82 Å². The molecule has 0 N–H and O–H groups in total. The van der Waals surface area contributed by atoms with Crippen LogP contribution in [0.2, 0.25) is 0 Å². The number of ether oxygens (including phenoxy) is 2. The molecule has 1 aromatic carbocycles. The van der Waals surface area contributed by atoms with Crippen LogP contribution in [0.3, 0.4) is 0 Å². The Morgan fingerprint density at radius 3 is 2.83 bits per heavy atom. The van der Waals surface area contributed by atoms with Crippen LogP contribution in [0.25, 0.3) is 10.2 Å². The van der Waals surface area contributed by atoms with Crippen LogP contribution >= 0.6 is 11.3 Å². The Morgan fingerprint density at radius 2 is 1.90 bits per heavy atom. The average molecular weight is 408 g/mol. The second kappa shape index (κ2) is 6.87. The van der Waals surface area contributed by atoms with Gasteiger partial charge in [-0.25, -0.2) is 9.97 Å². The van der Waals surface area contributed by atoms with Crippen molar-refractivity contribution in [2.45, 2.75) is 51.5 Å². The van der Waals surface area contributed by atoms with Gasteiger partial charge in [-0.1, -0.05) is 6.07 Å². The average Bonchev–Trinajstić information content (AvgIpc) is 3.37. The van der Waals surface area contributed by atoms with Gasteiger partial charge in [-0.3, -0.25) is 0 Å². The molecule has 0 saturated carbocycles. The SMILES string of the molecule is Cc1nc(N2CCC[C@@H]2c2ccc3c(c2)OCCO3)c2c3c(sc2n1)CCCC3. The molecule has 4 heterocycles. The predicted octanol–water partition coefficient (Wildman–Crippen LogP) is 4.99. The van der Waals surface area contributed by atoms with E-state index in [4.69, 9.17) is 19.4 Å². The molecule has 3 aromatic rings. The van der Waals surface area contributed by atoms with Crippen LogP contribution in [0, 0.1) is 6.92 Å². The van der Waals surface area contributed by atoms with Gasteiger partial charge >= 0.3 is 0 Å². The minimum atomic E-state index is 0.322. The van der Waals surface area contributed by atoms with Crippen LogP contribution in [-0.4, -0.2) is 29.7 Å². The molecule has 0 radical (unpaired) electrons. The van der Waals surface area contributed by atoms with E-state index < -0.39 is 0 Å². The monoisotopic (exact) mass is 407 g/mol. The van der Waals surface area contributed by atoms with Gasteiger partial charge in [-0.15, -0.1) is 11.3 Å². The smallest absolute Gasteiger partial charge is 0.161 e. The Labute approximate surface area is 174 Å². The van der Waals surface area contributed by atoms with Crippen LogP contribution in [0.15, 0.2) is 18.2 Å². The van der Waals surface area contributed by atoms with Crippen molar-refractivity contribution < 1.29 is 9.47 Å². The summed E-state index contributed by atoms with van der Waals surface area (Å²) in [6, 6.07) is 6.76. The molecule has 1 aliphatic carbocycles. The zero-order chi connectivity index (χ0) is 19.4. The van der Waals surface area contributed by atoms with Crippen molar-refractivity contribution in [2.24, 2.45) is 0 Å². The number of anilines is 1. The van der Waals surface area contributed by atoms with Gasteiger partial charge in [-0.2, -0.15) is 0 Å². The van der Waals surface area contributed by atoms with Gasteiger partial charge in [0.2, 0.25) is 0 Å². The molecule has 1 saturated heterocycles. The summed E-state index contributed by atoms with van der Waals surface area (Å²) in [5.74, 6) is 3.75. The maximum atomic E-state index is 5.85. The summed E-state index contributed by atoms with van der Waals surface area (Å²) in [6.45, 7) is 4.31. The van der Waals surface area contributed by atoms with Gasteiger partial charge in [0.15, 0.2) is 11.5 Å². The fourth-order valence-electron chi connectivity index (χ4n) is 5.08. The molecule has 0 amide bonds. The van der Waals surface area contributed by atoms with E-state index in [0.717, 1.165) is 42.5 Å². The molecule has 5 nitrogen and oxygen atoms in total. The first-order valence-corrected chi connectivity index (χ1v) is 11.5. The molecule has 1 atom stereocenters. The molecule has 6 heteroatoms. The van der Waals surface area contributed by atoms with Crippen molar-refractivity contribution in [1.82, 2.24) is 9.97 Å². The van der Waals surface area contributed by atoms with Crippen molar-refractivity contribution in [1.29, 1.82) is 0 Å². The normalized spacial score (nSPS) is 20.9. The molecule has 0 bridgehead atoms. The lowest BCUT2D eigenvalue weighted by molar-refractivity contribution is 0.171. The summed E-state index contributed by atoms with van der Waals surface area (Å²) in [7, 11) is 0. The lowest BCUT2D eigenvalue weighted by atomic mass is 9.96. The maximum Gasteiger partial charge on any atom is 0.161 e. The molecular formula is C23H25N3O2S. The highest BCUT2D eigenvalue weighted by Gasteiger charge is 2.32. The Bertz CT molecular complexity index is 1090. The highest BCUT2D eigenvalue weighted by molar-refractivity contribution is 7.19. The van der Waals surface area contributed by atoms with E-state index in [1.165, 1.54) is 51.9 Å². The van der Waals surface area contributed by atoms with Crippen molar-refractivity contribution in [3.63, 3.8) is 0 Å². The third kappa shape index (κ3) is 2.88. The van der Waals surface area contributed by atoms with Crippen molar-refractivity contribution in [3.8, 4) is 11.5 Å². The van der Waals surface area contributed by atoms with Crippen LogP contribution in [0.1, 0.15) is 53.6 Å². The fourth-order valence-corrected chi connectivity index (χ4v) is 6.39. The number of rotatable bonds is 2. The number of aryl methyl sites for hydroxylation is 3. The molecule has 0 unspecified atom stereocenters. The minimum absolute atomic E-state index is 0.322. The number of hydrogen-bond acceptors (Lipinski definition) is 6. The van der Waals surface area contributed by atoms with Gasteiger partial charge in [-0.05, 0) is 68.7 Å². The van der Waals surface area contributed by atoms with Crippen molar-refractivity contribution in [3.05, 3.63) is 40.0 Å². The van der Waals surface area contributed by atoms with Crippen molar-refractivity contribution in [2.75, 3.05) is 24.7 Å². The van der Waals surface area contributed by atoms with Gasteiger partial charge in [0, 0.05) is 11.4 Å². The summed E-state index contributed by atoms with van der Waals surface area (Å²) >= 11 is 1.89. The molecule has 29 heavy (non-hydrogen) atoms. The third-order valence-electron chi connectivity index (χ3n) is 6.38. The molecule has 2 aromatic heterocycles. The summed E-state index contributed by atoms with van der Waals surface area (Å²) in [5.41, 5.74) is 2.80.